The van der Waals surface area contributed by atoms with E-state index in [9.17, 15) is 19.7 Å². The van der Waals surface area contributed by atoms with Gasteiger partial charge in [0.1, 0.15) is 18.1 Å². The van der Waals surface area contributed by atoms with E-state index < -0.39 is 25.1 Å². The van der Waals surface area contributed by atoms with Crippen molar-refractivity contribution in [3.8, 4) is 11.5 Å². The highest BCUT2D eigenvalue weighted by Crippen LogP contribution is 2.52. The highest BCUT2D eigenvalue weighted by atomic mass is 35.5. The molecule has 0 saturated carbocycles. The van der Waals surface area contributed by atoms with Crippen LogP contribution in [0.3, 0.4) is 0 Å². The highest BCUT2D eigenvalue weighted by Gasteiger charge is 2.57. The fraction of sp³-hybridized carbons (Fsp3) is 0.385. The van der Waals surface area contributed by atoms with E-state index in [1.807, 2.05) is 37.3 Å². The number of amides is 2. The largest absolute Gasteiger partial charge is 0.508 e. The number of carbonyl (C=O) groups is 2. The molecule has 2 N–H and O–H groups in total. The predicted molar refractivity (Wildman–Crippen MR) is 131 cm³/mol. The lowest BCUT2D eigenvalue weighted by atomic mass is 9.55. The predicted octanol–water partition coefficient (Wildman–Crippen LogP) is 3.93. The molecule has 0 bridgehead atoms. The molecule has 182 valence electrons. The van der Waals surface area contributed by atoms with Crippen LogP contribution in [0, 0.1) is 17.8 Å². The van der Waals surface area contributed by atoms with Gasteiger partial charge in [-0.25, -0.2) is 0 Å². The Hall–Kier alpha value is -2.81. The van der Waals surface area contributed by atoms with Crippen molar-refractivity contribution in [2.75, 3.05) is 13.2 Å². The Balaban J connectivity index is 1.51. The molecule has 2 amide bonds. The average molecular weight is 496 g/mol. The molecular weight excluding hydrogens is 469 g/mol. The van der Waals surface area contributed by atoms with Gasteiger partial charge in [0.25, 0.3) is 0 Å². The molecular formula is C26H27BClNO6. The second-order valence-electron chi connectivity index (χ2n) is 9.35. The molecule has 7 nitrogen and oxygen atoms in total. The van der Waals surface area contributed by atoms with E-state index in [0.29, 0.717) is 47.6 Å². The summed E-state index contributed by atoms with van der Waals surface area (Å²) in [6, 6.07) is 13.9. The van der Waals surface area contributed by atoms with Gasteiger partial charge in [-0.05, 0) is 66.1 Å². The molecule has 3 aliphatic rings. The summed E-state index contributed by atoms with van der Waals surface area (Å²) in [5.74, 6) is -1.06. The number of hydrogen-bond donors (Lipinski definition) is 2. The lowest BCUT2D eigenvalue weighted by Gasteiger charge is -2.42. The summed E-state index contributed by atoms with van der Waals surface area (Å²) in [6.45, 7) is 2.51. The maximum absolute atomic E-state index is 13.4. The Labute approximate surface area is 209 Å². The van der Waals surface area contributed by atoms with E-state index >= 15 is 0 Å². The van der Waals surface area contributed by atoms with Gasteiger partial charge in [0.2, 0.25) is 11.8 Å². The zero-order valence-corrected chi connectivity index (χ0v) is 20.1. The molecule has 5 rings (SSSR count). The molecule has 2 saturated heterocycles. The number of ether oxygens (including phenoxy) is 1. The van der Waals surface area contributed by atoms with Crippen LogP contribution in [0.15, 0.2) is 59.6 Å². The monoisotopic (exact) mass is 495 g/mol. The van der Waals surface area contributed by atoms with Gasteiger partial charge in [0, 0.05) is 11.6 Å². The van der Waals surface area contributed by atoms with Crippen LogP contribution in [-0.2, 0) is 14.2 Å². The number of phenols is 1. The third-order valence-electron chi connectivity index (χ3n) is 7.24. The first-order chi connectivity index (χ1) is 16.9. The minimum Gasteiger partial charge on any atom is -0.508 e. The normalized spacial score (nSPS) is 26.1. The number of allylic oxidation sites excluding steroid dienone is 1. The van der Waals surface area contributed by atoms with Crippen LogP contribution in [0.25, 0.3) is 0 Å². The minimum atomic E-state index is -1.26. The molecule has 2 aromatic rings. The Morgan fingerprint density at radius 1 is 1.14 bits per heavy atom. The number of imide groups is 1. The van der Waals surface area contributed by atoms with Gasteiger partial charge in [-0.1, -0.05) is 42.8 Å². The van der Waals surface area contributed by atoms with E-state index in [0.717, 1.165) is 5.57 Å². The van der Waals surface area contributed by atoms with E-state index in [2.05, 4.69) is 0 Å². The summed E-state index contributed by atoms with van der Waals surface area (Å²) in [5.41, 5.74) is 2.05. The van der Waals surface area contributed by atoms with Crippen molar-refractivity contribution < 1.29 is 29.1 Å². The van der Waals surface area contributed by atoms with Crippen LogP contribution in [0.4, 0.5) is 0 Å². The van der Waals surface area contributed by atoms with E-state index in [1.54, 1.807) is 6.07 Å². The van der Waals surface area contributed by atoms with Crippen LogP contribution in [0.5, 0.6) is 11.5 Å². The Morgan fingerprint density at radius 3 is 2.63 bits per heavy atom. The van der Waals surface area contributed by atoms with Crippen LogP contribution in [0.2, 0.25) is 5.02 Å². The van der Waals surface area contributed by atoms with Crippen LogP contribution in [-0.4, -0.2) is 47.1 Å². The highest BCUT2D eigenvalue weighted by molar-refractivity contribution is 6.53. The summed E-state index contributed by atoms with van der Waals surface area (Å²) < 4.78 is 12.0. The number of para-hydroxylation sites is 1. The standard InChI is InChI=1S/C26H27BClNO6/c1-2-10-29-25(31)20-11-15(14-34-17-6-4-3-5-7-17)24-19(23(20)26(29)32)13-22(35-27(24)33)18-9-8-16(30)12-21(18)28/h3-9,12,19-20,22-23,30,33H,2,10-11,13-14H2,1H3/t19-,20-,22-,23+/m0/s1. The van der Waals surface area contributed by atoms with Gasteiger partial charge in [-0.2, -0.15) is 0 Å². The van der Waals surface area contributed by atoms with Gasteiger partial charge in [0.05, 0.1) is 17.9 Å². The van der Waals surface area contributed by atoms with E-state index in [1.165, 1.54) is 17.0 Å². The summed E-state index contributed by atoms with van der Waals surface area (Å²) >= 11 is 6.38. The number of fused-ring (bicyclic) bond motifs is 3. The molecule has 0 aromatic heterocycles. The molecule has 2 heterocycles. The number of carbonyl (C=O) groups excluding carboxylic acids is 2. The third-order valence-corrected chi connectivity index (χ3v) is 7.56. The first-order valence-corrected chi connectivity index (χ1v) is 12.3. The molecule has 35 heavy (non-hydrogen) atoms. The number of rotatable bonds is 6. The summed E-state index contributed by atoms with van der Waals surface area (Å²) in [4.78, 5) is 28.0. The lowest BCUT2D eigenvalue weighted by Crippen LogP contribution is -2.45. The SMILES string of the molecule is CCCN1C(=O)[C@H]2[C@H](CC(COc3ccccc3)=C3B(O)O[C@H](c4ccc(O)cc4Cl)C[C@H]32)C1=O. The number of hydrogen-bond acceptors (Lipinski definition) is 6. The van der Waals surface area contributed by atoms with E-state index in [4.69, 9.17) is 21.0 Å². The molecule has 0 unspecified atom stereocenters. The number of halogens is 1. The lowest BCUT2D eigenvalue weighted by molar-refractivity contribution is -0.140. The summed E-state index contributed by atoms with van der Waals surface area (Å²) in [5, 5.41) is 21.2. The minimum absolute atomic E-state index is 0.0283. The Bertz CT molecular complexity index is 1170. The quantitative estimate of drug-likeness (QED) is 0.466. The van der Waals surface area contributed by atoms with Crippen molar-refractivity contribution in [3.05, 3.63) is 70.2 Å². The number of nitrogens with zero attached hydrogens (tertiary/aromatic N) is 1. The summed E-state index contributed by atoms with van der Waals surface area (Å²) in [7, 11) is -1.26. The molecule has 2 fully saturated rings. The zero-order chi connectivity index (χ0) is 24.7. The van der Waals surface area contributed by atoms with Gasteiger partial charge in [-0.3, -0.25) is 14.5 Å². The fourth-order valence-corrected chi connectivity index (χ4v) is 6.01. The first kappa shape index (κ1) is 23.9. The third kappa shape index (κ3) is 4.35. The number of likely N-dealkylation sites (tertiary alicyclic amines) is 1. The van der Waals surface area contributed by atoms with Crippen LogP contribution < -0.4 is 4.74 Å². The molecule has 0 radical (unpaired) electrons. The number of phenolic OH excluding ortho intramolecular Hbond substituents is 1. The maximum atomic E-state index is 13.4. The van der Waals surface area contributed by atoms with Gasteiger partial charge >= 0.3 is 7.12 Å². The molecule has 4 atom stereocenters. The van der Waals surface area contributed by atoms with E-state index in [-0.39, 0.29) is 30.1 Å². The fourth-order valence-electron chi connectivity index (χ4n) is 5.72. The van der Waals surface area contributed by atoms with Crippen molar-refractivity contribution >= 4 is 30.5 Å². The van der Waals surface area contributed by atoms with Gasteiger partial charge in [-0.15, -0.1) is 0 Å². The van der Waals surface area contributed by atoms with Crippen LogP contribution in [0.1, 0.15) is 37.9 Å². The van der Waals surface area contributed by atoms with Gasteiger partial charge < -0.3 is 19.5 Å². The van der Waals surface area contributed by atoms with Crippen molar-refractivity contribution in [1.82, 2.24) is 4.90 Å². The molecule has 2 aliphatic heterocycles. The van der Waals surface area contributed by atoms with Crippen molar-refractivity contribution in [1.29, 1.82) is 0 Å². The number of aromatic hydroxyl groups is 1. The number of benzene rings is 2. The zero-order valence-electron chi connectivity index (χ0n) is 19.4. The summed E-state index contributed by atoms with van der Waals surface area (Å²) in [6.07, 6.45) is 0.819. The topological polar surface area (TPSA) is 96.3 Å². The van der Waals surface area contributed by atoms with Crippen molar-refractivity contribution in [3.63, 3.8) is 0 Å². The average Bonchev–Trinajstić information content (AvgIpc) is 3.08. The molecule has 2 aromatic carbocycles. The first-order valence-electron chi connectivity index (χ1n) is 12.0. The second-order valence-corrected chi connectivity index (χ2v) is 9.76. The van der Waals surface area contributed by atoms with Crippen molar-refractivity contribution in [2.24, 2.45) is 17.8 Å². The Morgan fingerprint density at radius 2 is 1.91 bits per heavy atom. The molecule has 0 spiro atoms. The van der Waals surface area contributed by atoms with Crippen molar-refractivity contribution in [2.45, 2.75) is 32.3 Å². The van der Waals surface area contributed by atoms with Crippen LogP contribution >= 0.6 is 11.6 Å². The second kappa shape index (κ2) is 9.68. The van der Waals surface area contributed by atoms with Gasteiger partial charge in [0.15, 0.2) is 0 Å². The maximum Gasteiger partial charge on any atom is 0.487 e. The molecule has 9 heteroatoms. The smallest absolute Gasteiger partial charge is 0.487 e. The molecule has 1 aliphatic carbocycles. The Kier molecular flexibility index (Phi) is 6.62.